The van der Waals surface area contributed by atoms with Crippen LogP contribution in [0.15, 0.2) is 30.6 Å². The number of rotatable bonds is 5. The molecule has 2 amide bonds. The van der Waals surface area contributed by atoms with E-state index in [0.717, 1.165) is 25.3 Å². The van der Waals surface area contributed by atoms with E-state index in [1.54, 1.807) is 21.8 Å². The lowest BCUT2D eigenvalue weighted by atomic mass is 9.65. The van der Waals surface area contributed by atoms with Gasteiger partial charge in [0.1, 0.15) is 22.7 Å². The number of anilines is 1. The molecule has 4 N–H and O–H groups in total. The summed E-state index contributed by atoms with van der Waals surface area (Å²) in [6.45, 7) is 8.19. The minimum atomic E-state index is -4.46. The summed E-state index contributed by atoms with van der Waals surface area (Å²) in [6, 6.07) is 4.08. The Kier molecular flexibility index (Phi) is 6.82. The van der Waals surface area contributed by atoms with Crippen LogP contribution >= 0.6 is 0 Å². The molecule has 5 rings (SSSR count). The van der Waals surface area contributed by atoms with Crippen molar-refractivity contribution < 1.29 is 27.5 Å². The first kappa shape index (κ1) is 28.5. The zero-order chi connectivity index (χ0) is 29.9. The van der Waals surface area contributed by atoms with Gasteiger partial charge in [-0.25, -0.2) is 9.48 Å². The third-order valence-electron chi connectivity index (χ3n) is 7.83. The molecule has 1 spiro atoms. The maximum atomic E-state index is 13.4. The van der Waals surface area contributed by atoms with Gasteiger partial charge >= 0.3 is 12.3 Å². The average molecular weight is 574 g/mol. The number of alkyl halides is 3. The van der Waals surface area contributed by atoms with Crippen LogP contribution in [0, 0.1) is 12.3 Å². The van der Waals surface area contributed by atoms with Crippen LogP contribution in [-0.4, -0.2) is 55.2 Å². The maximum Gasteiger partial charge on any atom is 0.416 e. The number of nitrogens with zero attached hydrogens (tertiary/aromatic N) is 5. The van der Waals surface area contributed by atoms with E-state index in [1.807, 2.05) is 20.8 Å². The molecule has 1 saturated heterocycles. The number of aryl methyl sites for hydroxylation is 1. The summed E-state index contributed by atoms with van der Waals surface area (Å²) in [5, 5.41) is 8.91. The van der Waals surface area contributed by atoms with Gasteiger partial charge < -0.3 is 21.1 Å². The minimum absolute atomic E-state index is 0.0683. The van der Waals surface area contributed by atoms with Gasteiger partial charge in [-0.05, 0) is 69.6 Å². The smallest absolute Gasteiger partial charge is 0.416 e. The number of aromatic nitrogens is 4. The Morgan fingerprint density at radius 3 is 2.54 bits per heavy atom. The average Bonchev–Trinajstić information content (AvgIpc) is 3.54. The van der Waals surface area contributed by atoms with Crippen molar-refractivity contribution >= 4 is 17.8 Å². The summed E-state index contributed by atoms with van der Waals surface area (Å²) in [5.74, 6) is -0.591. The van der Waals surface area contributed by atoms with Crippen LogP contribution in [0.1, 0.15) is 73.1 Å². The van der Waals surface area contributed by atoms with Gasteiger partial charge in [0.15, 0.2) is 0 Å². The molecule has 13 heteroatoms. The van der Waals surface area contributed by atoms with E-state index >= 15 is 0 Å². The summed E-state index contributed by atoms with van der Waals surface area (Å²) in [6.07, 6.45) is 0.587. The zero-order valence-corrected chi connectivity index (χ0v) is 23.5. The highest BCUT2D eigenvalue weighted by Gasteiger charge is 2.51. The summed E-state index contributed by atoms with van der Waals surface area (Å²) in [4.78, 5) is 26.7. The molecule has 2 aliphatic rings. The van der Waals surface area contributed by atoms with Crippen molar-refractivity contribution in [2.75, 3.05) is 18.8 Å². The molecule has 1 aliphatic heterocycles. The van der Waals surface area contributed by atoms with Crippen LogP contribution in [0.3, 0.4) is 0 Å². The number of hydrogen-bond donors (Lipinski definition) is 2. The van der Waals surface area contributed by atoms with E-state index in [0.29, 0.717) is 24.2 Å². The van der Waals surface area contributed by atoms with Crippen molar-refractivity contribution in [3.8, 4) is 11.3 Å². The summed E-state index contributed by atoms with van der Waals surface area (Å²) >= 11 is 0. The standard InChI is InChI=1S/C28H34F3N7O3/c1-16-5-6-17(9-20(16)28(29,30)31)13-37-14-18(12-34-37)22-21(24(33)39)23(32)38(35-22)19-10-27(11-19)7-8-36(15-27)25(40)41-26(2,3)4/h5-6,9,12,14,19H,7-8,10-11,13,15,32H2,1-4H3,(H2,33,39)/t19-,27-. The molecule has 0 radical (unpaired) electrons. The van der Waals surface area contributed by atoms with Crippen LogP contribution in [0.5, 0.6) is 0 Å². The molecule has 0 bridgehead atoms. The molecule has 3 aromatic rings. The zero-order valence-electron chi connectivity index (χ0n) is 23.5. The summed E-state index contributed by atoms with van der Waals surface area (Å²) in [5.41, 5.74) is 12.1. The van der Waals surface area contributed by atoms with E-state index in [4.69, 9.17) is 16.2 Å². The lowest BCUT2D eigenvalue weighted by molar-refractivity contribution is -0.138. The second-order valence-corrected chi connectivity index (χ2v) is 12.2. The molecule has 1 aliphatic carbocycles. The van der Waals surface area contributed by atoms with Crippen molar-refractivity contribution in [2.24, 2.45) is 11.1 Å². The normalized spacial score (nSPS) is 20.9. The Morgan fingerprint density at radius 2 is 1.90 bits per heavy atom. The number of nitrogen functional groups attached to an aromatic ring is 1. The van der Waals surface area contributed by atoms with Crippen molar-refractivity contribution in [3.05, 3.63) is 52.8 Å². The van der Waals surface area contributed by atoms with Gasteiger partial charge in [-0.2, -0.15) is 23.4 Å². The fraction of sp³-hybridized carbons (Fsp3) is 0.500. The van der Waals surface area contributed by atoms with E-state index in [-0.39, 0.29) is 46.7 Å². The molecule has 1 aromatic carbocycles. The minimum Gasteiger partial charge on any atom is -0.444 e. The van der Waals surface area contributed by atoms with Gasteiger partial charge in [0.25, 0.3) is 5.91 Å². The van der Waals surface area contributed by atoms with Gasteiger partial charge in [-0.15, -0.1) is 0 Å². The fourth-order valence-corrected chi connectivity index (χ4v) is 5.87. The highest BCUT2D eigenvalue weighted by atomic mass is 19.4. The number of carbonyl (C=O) groups excluding carboxylic acids is 2. The number of benzene rings is 1. The van der Waals surface area contributed by atoms with Crippen LogP contribution in [-0.2, 0) is 17.5 Å². The second-order valence-electron chi connectivity index (χ2n) is 12.2. The molecule has 1 saturated carbocycles. The third-order valence-corrected chi connectivity index (χ3v) is 7.83. The molecule has 41 heavy (non-hydrogen) atoms. The van der Waals surface area contributed by atoms with Crippen LogP contribution in [0.25, 0.3) is 11.3 Å². The molecular formula is C28H34F3N7O3. The topological polar surface area (TPSA) is 134 Å². The third kappa shape index (κ3) is 5.62. The highest BCUT2D eigenvalue weighted by molar-refractivity contribution is 6.03. The fourth-order valence-electron chi connectivity index (χ4n) is 5.87. The number of hydrogen-bond acceptors (Lipinski definition) is 6. The number of carbonyl (C=O) groups is 2. The largest absolute Gasteiger partial charge is 0.444 e. The Bertz CT molecular complexity index is 1500. The molecular weight excluding hydrogens is 539 g/mol. The lowest BCUT2D eigenvalue weighted by Gasteiger charge is -2.45. The molecule has 3 heterocycles. The van der Waals surface area contributed by atoms with E-state index in [2.05, 4.69) is 10.2 Å². The number of halogens is 3. The molecule has 0 unspecified atom stereocenters. The molecule has 2 aromatic heterocycles. The van der Waals surface area contributed by atoms with Gasteiger partial charge in [0, 0.05) is 24.8 Å². The van der Waals surface area contributed by atoms with Gasteiger partial charge in [-0.3, -0.25) is 9.48 Å². The lowest BCUT2D eigenvalue weighted by Crippen LogP contribution is -2.43. The summed E-state index contributed by atoms with van der Waals surface area (Å²) in [7, 11) is 0. The van der Waals surface area contributed by atoms with Crippen LogP contribution in [0.4, 0.5) is 23.8 Å². The Morgan fingerprint density at radius 1 is 1.20 bits per heavy atom. The van der Waals surface area contributed by atoms with E-state index in [9.17, 15) is 22.8 Å². The van der Waals surface area contributed by atoms with Gasteiger partial charge in [0.05, 0.1) is 24.3 Å². The van der Waals surface area contributed by atoms with E-state index < -0.39 is 23.2 Å². The maximum absolute atomic E-state index is 13.4. The Labute approximate surface area is 235 Å². The molecule has 0 atom stereocenters. The molecule has 220 valence electrons. The van der Waals surface area contributed by atoms with Gasteiger partial charge in [-0.1, -0.05) is 12.1 Å². The molecule has 10 nitrogen and oxygen atoms in total. The quantitative estimate of drug-likeness (QED) is 0.452. The van der Waals surface area contributed by atoms with Crippen molar-refractivity contribution in [2.45, 2.75) is 71.3 Å². The van der Waals surface area contributed by atoms with Crippen molar-refractivity contribution in [1.29, 1.82) is 0 Å². The predicted molar refractivity (Wildman–Crippen MR) is 145 cm³/mol. The SMILES string of the molecule is Cc1ccc(Cn2cc(-c3nn([C@H]4C[C@@]5(CCN(C(=O)OC(C)(C)C)C5)C4)c(N)c3C(N)=O)cn2)cc1C(F)(F)F. The van der Waals surface area contributed by atoms with Crippen molar-refractivity contribution in [1.82, 2.24) is 24.5 Å². The monoisotopic (exact) mass is 573 g/mol. The number of likely N-dealkylation sites (tertiary alicyclic amines) is 1. The highest BCUT2D eigenvalue weighted by Crippen LogP contribution is 2.55. The van der Waals surface area contributed by atoms with Crippen LogP contribution in [0.2, 0.25) is 0 Å². The van der Waals surface area contributed by atoms with Gasteiger partial charge in [0.2, 0.25) is 0 Å². The predicted octanol–water partition coefficient (Wildman–Crippen LogP) is 4.77. The first-order valence-electron chi connectivity index (χ1n) is 13.4. The van der Waals surface area contributed by atoms with Crippen molar-refractivity contribution in [3.63, 3.8) is 0 Å². The number of amides is 2. The Balaban J connectivity index is 1.33. The van der Waals surface area contributed by atoms with Crippen LogP contribution < -0.4 is 11.5 Å². The number of primary amides is 1. The number of ether oxygens (including phenoxy) is 1. The van der Waals surface area contributed by atoms with E-state index in [1.165, 1.54) is 23.9 Å². The molecule has 2 fully saturated rings. The first-order valence-corrected chi connectivity index (χ1v) is 13.4. The second kappa shape index (κ2) is 9.81. The first-order chi connectivity index (χ1) is 19.1. The Hall–Kier alpha value is -4.03. The summed E-state index contributed by atoms with van der Waals surface area (Å²) < 4.78 is 48.7. The number of nitrogens with two attached hydrogens (primary N) is 2.